The van der Waals surface area contributed by atoms with E-state index in [-0.39, 0.29) is 5.82 Å². The third kappa shape index (κ3) is 1.90. The molecule has 3 nitrogen and oxygen atoms in total. The van der Waals surface area contributed by atoms with E-state index < -0.39 is 0 Å². The van der Waals surface area contributed by atoms with Crippen molar-refractivity contribution >= 4 is 5.82 Å². The zero-order valence-corrected chi connectivity index (χ0v) is 10.3. The minimum absolute atomic E-state index is 0.253. The number of halogens is 1. The van der Waals surface area contributed by atoms with Gasteiger partial charge in [-0.1, -0.05) is 13.0 Å². The third-order valence-electron chi connectivity index (χ3n) is 3.00. The fraction of sp³-hybridized carbons (Fsp3) is 0.308. The molecule has 0 aliphatic heterocycles. The molecule has 1 aromatic heterocycles. The molecule has 0 atom stereocenters. The number of aryl methyl sites for hydroxylation is 2. The van der Waals surface area contributed by atoms with Crippen LogP contribution in [-0.4, -0.2) is 9.78 Å². The Labute approximate surface area is 100 Å². The second-order valence-corrected chi connectivity index (χ2v) is 4.15. The quantitative estimate of drug-likeness (QED) is 0.866. The van der Waals surface area contributed by atoms with Crippen molar-refractivity contribution in [1.29, 1.82) is 0 Å². The SMILES string of the molecule is CCc1c(-c2cc(F)ccc2C)nn(C)c1N. The monoisotopic (exact) mass is 233 g/mol. The number of benzene rings is 1. The van der Waals surface area contributed by atoms with Crippen LogP contribution in [0.25, 0.3) is 11.3 Å². The highest BCUT2D eigenvalue weighted by atomic mass is 19.1. The van der Waals surface area contributed by atoms with E-state index in [1.807, 2.05) is 13.8 Å². The summed E-state index contributed by atoms with van der Waals surface area (Å²) >= 11 is 0. The second kappa shape index (κ2) is 4.20. The lowest BCUT2D eigenvalue weighted by Gasteiger charge is -2.05. The van der Waals surface area contributed by atoms with Crippen LogP contribution in [0.5, 0.6) is 0 Å². The van der Waals surface area contributed by atoms with E-state index in [1.54, 1.807) is 17.8 Å². The van der Waals surface area contributed by atoms with Crippen LogP contribution in [0.2, 0.25) is 0 Å². The molecule has 1 aromatic carbocycles. The first-order valence-electron chi connectivity index (χ1n) is 5.62. The normalized spacial score (nSPS) is 10.8. The minimum Gasteiger partial charge on any atom is -0.384 e. The van der Waals surface area contributed by atoms with Gasteiger partial charge in [0.2, 0.25) is 0 Å². The second-order valence-electron chi connectivity index (χ2n) is 4.15. The minimum atomic E-state index is -0.253. The average molecular weight is 233 g/mol. The molecule has 0 aliphatic carbocycles. The van der Waals surface area contributed by atoms with Gasteiger partial charge in [-0.2, -0.15) is 5.10 Å². The van der Waals surface area contributed by atoms with Gasteiger partial charge in [0.25, 0.3) is 0 Å². The van der Waals surface area contributed by atoms with Gasteiger partial charge in [0.05, 0.1) is 5.69 Å². The maximum atomic E-state index is 13.3. The molecule has 2 aromatic rings. The van der Waals surface area contributed by atoms with Crippen molar-refractivity contribution in [3.63, 3.8) is 0 Å². The van der Waals surface area contributed by atoms with Crippen LogP contribution in [0, 0.1) is 12.7 Å². The summed E-state index contributed by atoms with van der Waals surface area (Å²) in [5.74, 6) is 0.392. The lowest BCUT2D eigenvalue weighted by Crippen LogP contribution is -1.98. The molecule has 0 spiro atoms. The van der Waals surface area contributed by atoms with Crippen molar-refractivity contribution in [3.8, 4) is 11.3 Å². The van der Waals surface area contributed by atoms with E-state index in [9.17, 15) is 4.39 Å². The fourth-order valence-corrected chi connectivity index (χ4v) is 2.00. The number of nitrogens with two attached hydrogens (primary N) is 1. The third-order valence-corrected chi connectivity index (χ3v) is 3.00. The van der Waals surface area contributed by atoms with Gasteiger partial charge in [-0.3, -0.25) is 4.68 Å². The van der Waals surface area contributed by atoms with Gasteiger partial charge >= 0.3 is 0 Å². The van der Waals surface area contributed by atoms with E-state index in [4.69, 9.17) is 5.73 Å². The van der Waals surface area contributed by atoms with Gasteiger partial charge in [0.1, 0.15) is 11.6 Å². The number of nitrogens with zero attached hydrogens (tertiary/aromatic N) is 2. The van der Waals surface area contributed by atoms with Crippen molar-refractivity contribution in [2.24, 2.45) is 7.05 Å². The van der Waals surface area contributed by atoms with Gasteiger partial charge in [0.15, 0.2) is 0 Å². The molecular formula is C13H16FN3. The Hall–Kier alpha value is -1.84. The Bertz CT molecular complexity index is 558. The Morgan fingerprint density at radius 3 is 2.76 bits per heavy atom. The van der Waals surface area contributed by atoms with Crippen LogP contribution in [0.3, 0.4) is 0 Å². The Morgan fingerprint density at radius 1 is 1.41 bits per heavy atom. The maximum absolute atomic E-state index is 13.3. The largest absolute Gasteiger partial charge is 0.384 e. The van der Waals surface area contributed by atoms with E-state index in [1.165, 1.54) is 12.1 Å². The van der Waals surface area contributed by atoms with Crippen LogP contribution < -0.4 is 5.73 Å². The Morgan fingerprint density at radius 2 is 2.12 bits per heavy atom. The van der Waals surface area contributed by atoms with E-state index >= 15 is 0 Å². The number of hydrogen-bond donors (Lipinski definition) is 1. The van der Waals surface area contributed by atoms with Crippen molar-refractivity contribution in [2.75, 3.05) is 5.73 Å². The smallest absolute Gasteiger partial charge is 0.125 e. The van der Waals surface area contributed by atoms with Crippen LogP contribution in [-0.2, 0) is 13.5 Å². The molecule has 0 saturated heterocycles. The summed E-state index contributed by atoms with van der Waals surface area (Å²) in [5.41, 5.74) is 9.51. The van der Waals surface area contributed by atoms with Crippen LogP contribution >= 0.6 is 0 Å². The first-order chi connectivity index (χ1) is 8.04. The topological polar surface area (TPSA) is 43.8 Å². The predicted octanol–water partition coefficient (Wildman–Crippen LogP) is 2.68. The van der Waals surface area contributed by atoms with Gasteiger partial charge < -0.3 is 5.73 Å². The van der Waals surface area contributed by atoms with Crippen LogP contribution in [0.1, 0.15) is 18.1 Å². The molecule has 0 fully saturated rings. The summed E-state index contributed by atoms with van der Waals surface area (Å²) in [5, 5.41) is 4.38. The van der Waals surface area contributed by atoms with Crippen LogP contribution in [0.4, 0.5) is 10.2 Å². The van der Waals surface area contributed by atoms with Gasteiger partial charge in [-0.15, -0.1) is 0 Å². The van der Waals surface area contributed by atoms with Crippen molar-refractivity contribution < 1.29 is 4.39 Å². The average Bonchev–Trinajstić information content (AvgIpc) is 2.58. The molecule has 2 rings (SSSR count). The van der Waals surface area contributed by atoms with E-state index in [0.717, 1.165) is 28.8 Å². The zero-order chi connectivity index (χ0) is 12.6. The summed E-state index contributed by atoms with van der Waals surface area (Å²) < 4.78 is 14.9. The molecular weight excluding hydrogens is 217 g/mol. The molecule has 0 aliphatic rings. The van der Waals surface area contributed by atoms with Gasteiger partial charge in [-0.25, -0.2) is 4.39 Å². The molecule has 0 radical (unpaired) electrons. The molecule has 0 amide bonds. The fourth-order valence-electron chi connectivity index (χ4n) is 2.00. The molecule has 0 unspecified atom stereocenters. The first-order valence-corrected chi connectivity index (χ1v) is 5.62. The van der Waals surface area contributed by atoms with E-state index in [0.29, 0.717) is 5.82 Å². The number of nitrogen functional groups attached to an aromatic ring is 1. The highest BCUT2D eigenvalue weighted by Gasteiger charge is 2.15. The summed E-state index contributed by atoms with van der Waals surface area (Å²) in [4.78, 5) is 0. The van der Waals surface area contributed by atoms with Crippen molar-refractivity contribution in [3.05, 3.63) is 35.1 Å². The number of rotatable bonds is 2. The standard InChI is InChI=1S/C13H16FN3/c1-4-10-12(16-17(3)13(10)15)11-7-9(14)6-5-8(11)2/h5-7H,4,15H2,1-3H3. The summed E-state index contributed by atoms with van der Waals surface area (Å²) in [6.45, 7) is 3.96. The molecule has 1 heterocycles. The lowest BCUT2D eigenvalue weighted by molar-refractivity contribution is 0.627. The van der Waals surface area contributed by atoms with Gasteiger partial charge in [-0.05, 0) is 31.0 Å². The highest BCUT2D eigenvalue weighted by Crippen LogP contribution is 2.29. The van der Waals surface area contributed by atoms with Crippen LogP contribution in [0.15, 0.2) is 18.2 Å². The number of hydrogen-bond acceptors (Lipinski definition) is 2. The molecule has 4 heteroatoms. The molecule has 0 bridgehead atoms. The van der Waals surface area contributed by atoms with Crippen molar-refractivity contribution in [1.82, 2.24) is 9.78 Å². The molecule has 0 saturated carbocycles. The molecule has 90 valence electrons. The number of anilines is 1. The van der Waals surface area contributed by atoms with Crippen molar-refractivity contribution in [2.45, 2.75) is 20.3 Å². The highest BCUT2D eigenvalue weighted by molar-refractivity contribution is 5.71. The number of aromatic nitrogens is 2. The molecule has 2 N–H and O–H groups in total. The molecule has 17 heavy (non-hydrogen) atoms. The predicted molar refractivity (Wildman–Crippen MR) is 67.1 cm³/mol. The first kappa shape index (κ1) is 11.6. The Balaban J connectivity index is 2.68. The lowest BCUT2D eigenvalue weighted by atomic mass is 10.0. The zero-order valence-electron chi connectivity index (χ0n) is 10.3. The summed E-state index contributed by atoms with van der Waals surface area (Å²) in [6.07, 6.45) is 0.783. The Kier molecular flexibility index (Phi) is 2.88. The van der Waals surface area contributed by atoms with Gasteiger partial charge in [0, 0.05) is 18.2 Å². The van der Waals surface area contributed by atoms with E-state index in [2.05, 4.69) is 5.10 Å². The summed E-state index contributed by atoms with van der Waals surface area (Å²) in [6, 6.07) is 4.72. The summed E-state index contributed by atoms with van der Waals surface area (Å²) in [7, 11) is 1.80. The maximum Gasteiger partial charge on any atom is 0.125 e.